The van der Waals surface area contributed by atoms with Crippen LogP contribution in [0.2, 0.25) is 0 Å². The maximum atomic E-state index is 13.9. The van der Waals surface area contributed by atoms with Crippen molar-refractivity contribution in [1.29, 1.82) is 0 Å². The van der Waals surface area contributed by atoms with Crippen LogP contribution in [-0.2, 0) is 4.79 Å². The molecule has 92 valence electrons. The fraction of sp³-hybridized carbons (Fsp3) is 0.500. The van der Waals surface area contributed by atoms with Crippen molar-refractivity contribution in [2.75, 3.05) is 7.11 Å². The fourth-order valence-electron chi connectivity index (χ4n) is 2.41. The van der Waals surface area contributed by atoms with Gasteiger partial charge in [-0.05, 0) is 24.5 Å². The van der Waals surface area contributed by atoms with Gasteiger partial charge < -0.3 is 4.74 Å². The molecular weight excluding hydrogens is 219 g/mol. The van der Waals surface area contributed by atoms with E-state index in [4.69, 9.17) is 4.74 Å². The van der Waals surface area contributed by atoms with Crippen LogP contribution in [-0.4, -0.2) is 12.9 Å². The Morgan fingerprint density at radius 2 is 2.12 bits per heavy atom. The molecular formula is C14H17FO2. The number of ketones is 1. The maximum absolute atomic E-state index is 13.9. The van der Waals surface area contributed by atoms with Crippen LogP contribution in [0.4, 0.5) is 4.39 Å². The Morgan fingerprint density at radius 3 is 2.82 bits per heavy atom. The van der Waals surface area contributed by atoms with E-state index in [1.165, 1.54) is 13.2 Å². The van der Waals surface area contributed by atoms with Crippen molar-refractivity contribution >= 4 is 5.78 Å². The monoisotopic (exact) mass is 236 g/mol. The highest BCUT2D eigenvalue weighted by Crippen LogP contribution is 2.31. The fourth-order valence-corrected chi connectivity index (χ4v) is 2.41. The second-order valence-electron chi connectivity index (χ2n) is 4.51. The Balaban J connectivity index is 2.28. The molecule has 1 aromatic carbocycles. The maximum Gasteiger partial charge on any atom is 0.140 e. The molecule has 0 saturated heterocycles. The molecule has 0 radical (unpaired) electrons. The molecule has 0 amide bonds. The Labute approximate surface area is 101 Å². The number of methoxy groups -OCH3 is 1. The van der Waals surface area contributed by atoms with E-state index in [1.54, 1.807) is 12.1 Å². The Kier molecular flexibility index (Phi) is 3.77. The average molecular weight is 236 g/mol. The van der Waals surface area contributed by atoms with Gasteiger partial charge in [-0.2, -0.15) is 0 Å². The van der Waals surface area contributed by atoms with E-state index < -0.39 is 0 Å². The Bertz CT molecular complexity index is 415. The van der Waals surface area contributed by atoms with Crippen molar-refractivity contribution in [1.82, 2.24) is 0 Å². The highest BCUT2D eigenvalue weighted by atomic mass is 19.1. The van der Waals surface area contributed by atoms with Gasteiger partial charge in [-0.25, -0.2) is 4.39 Å². The standard InChI is InChI=1S/C14H17FO2/c1-17-10-7-8-11(13(15)9-10)12-5-3-2-4-6-14(12)16/h7-9,12H,2-6H2,1H3. The number of benzene rings is 1. The summed E-state index contributed by atoms with van der Waals surface area (Å²) in [4.78, 5) is 11.9. The molecule has 17 heavy (non-hydrogen) atoms. The van der Waals surface area contributed by atoms with Crippen molar-refractivity contribution in [3.05, 3.63) is 29.6 Å². The van der Waals surface area contributed by atoms with Crippen LogP contribution in [0.25, 0.3) is 0 Å². The van der Waals surface area contributed by atoms with Crippen LogP contribution in [0, 0.1) is 5.82 Å². The number of rotatable bonds is 2. The summed E-state index contributed by atoms with van der Waals surface area (Å²) in [5.41, 5.74) is 0.526. The van der Waals surface area contributed by atoms with E-state index in [0.717, 1.165) is 25.7 Å². The van der Waals surface area contributed by atoms with Gasteiger partial charge in [-0.15, -0.1) is 0 Å². The summed E-state index contributed by atoms with van der Waals surface area (Å²) < 4.78 is 18.9. The lowest BCUT2D eigenvalue weighted by Crippen LogP contribution is -2.12. The number of hydrogen-bond acceptors (Lipinski definition) is 2. The minimum absolute atomic E-state index is 0.173. The summed E-state index contributed by atoms with van der Waals surface area (Å²) in [6, 6.07) is 4.76. The number of hydrogen-bond donors (Lipinski definition) is 0. The Hall–Kier alpha value is -1.38. The van der Waals surface area contributed by atoms with Crippen LogP contribution < -0.4 is 4.74 Å². The average Bonchev–Trinajstić information content (AvgIpc) is 2.54. The summed E-state index contributed by atoms with van der Waals surface area (Å²) in [6.07, 6.45) is 4.35. The highest BCUT2D eigenvalue weighted by Gasteiger charge is 2.25. The molecule has 1 atom stereocenters. The molecule has 0 heterocycles. The van der Waals surface area contributed by atoms with Gasteiger partial charge in [-0.1, -0.05) is 18.9 Å². The summed E-state index contributed by atoms with van der Waals surface area (Å²) >= 11 is 0. The van der Waals surface area contributed by atoms with Crippen molar-refractivity contribution < 1.29 is 13.9 Å². The lowest BCUT2D eigenvalue weighted by molar-refractivity contribution is -0.120. The van der Waals surface area contributed by atoms with Crippen LogP contribution in [0.3, 0.4) is 0 Å². The number of carbonyl (C=O) groups excluding carboxylic acids is 1. The molecule has 1 saturated carbocycles. The van der Waals surface area contributed by atoms with Crippen molar-refractivity contribution in [2.24, 2.45) is 0 Å². The van der Waals surface area contributed by atoms with Crippen molar-refractivity contribution in [3.8, 4) is 5.75 Å². The summed E-state index contributed by atoms with van der Waals surface area (Å²) in [5.74, 6) is 0.0758. The summed E-state index contributed by atoms with van der Waals surface area (Å²) in [7, 11) is 1.51. The summed E-state index contributed by atoms with van der Waals surface area (Å²) in [6.45, 7) is 0. The summed E-state index contributed by atoms with van der Waals surface area (Å²) in [5, 5.41) is 0. The van der Waals surface area contributed by atoms with E-state index in [0.29, 0.717) is 17.7 Å². The van der Waals surface area contributed by atoms with Gasteiger partial charge >= 0.3 is 0 Å². The third-order valence-corrected chi connectivity index (χ3v) is 3.39. The van der Waals surface area contributed by atoms with Gasteiger partial charge in [-0.3, -0.25) is 4.79 Å². The van der Waals surface area contributed by atoms with Gasteiger partial charge in [0, 0.05) is 18.4 Å². The van der Waals surface area contributed by atoms with Crippen LogP contribution in [0.1, 0.15) is 43.6 Å². The Morgan fingerprint density at radius 1 is 1.29 bits per heavy atom. The smallest absolute Gasteiger partial charge is 0.140 e. The van der Waals surface area contributed by atoms with Gasteiger partial charge in [0.05, 0.1) is 7.11 Å². The SMILES string of the molecule is COc1ccc(C2CCCCCC2=O)c(F)c1. The van der Waals surface area contributed by atoms with E-state index in [9.17, 15) is 9.18 Å². The van der Waals surface area contributed by atoms with E-state index in [2.05, 4.69) is 0 Å². The minimum Gasteiger partial charge on any atom is -0.497 e. The molecule has 1 fully saturated rings. The molecule has 0 spiro atoms. The number of Topliss-reactive ketones (excluding diaryl/α,β-unsaturated/α-hetero) is 1. The molecule has 0 aliphatic heterocycles. The zero-order chi connectivity index (χ0) is 12.3. The molecule has 3 heteroatoms. The second-order valence-corrected chi connectivity index (χ2v) is 4.51. The minimum atomic E-state index is -0.329. The van der Waals surface area contributed by atoms with E-state index in [1.807, 2.05) is 0 Å². The second kappa shape index (κ2) is 5.30. The largest absolute Gasteiger partial charge is 0.497 e. The first-order valence-electron chi connectivity index (χ1n) is 6.08. The quantitative estimate of drug-likeness (QED) is 0.735. The zero-order valence-corrected chi connectivity index (χ0v) is 10.0. The molecule has 2 nitrogen and oxygen atoms in total. The van der Waals surface area contributed by atoms with Crippen molar-refractivity contribution in [3.63, 3.8) is 0 Å². The van der Waals surface area contributed by atoms with Crippen LogP contribution >= 0.6 is 0 Å². The number of carbonyl (C=O) groups is 1. The van der Waals surface area contributed by atoms with Crippen molar-refractivity contribution in [2.45, 2.75) is 38.0 Å². The van der Waals surface area contributed by atoms with E-state index >= 15 is 0 Å². The first-order valence-corrected chi connectivity index (χ1v) is 6.08. The molecule has 0 N–H and O–H groups in total. The number of ether oxygens (including phenoxy) is 1. The third-order valence-electron chi connectivity index (χ3n) is 3.39. The molecule has 1 aliphatic carbocycles. The normalized spacial score (nSPS) is 21.1. The predicted octanol–water partition coefficient (Wildman–Crippen LogP) is 3.45. The van der Waals surface area contributed by atoms with Gasteiger partial charge in [0.15, 0.2) is 0 Å². The third kappa shape index (κ3) is 2.65. The lowest BCUT2D eigenvalue weighted by Gasteiger charge is -2.14. The molecule has 1 aromatic rings. The molecule has 1 aliphatic rings. The molecule has 0 aromatic heterocycles. The zero-order valence-electron chi connectivity index (χ0n) is 10.0. The highest BCUT2D eigenvalue weighted by molar-refractivity contribution is 5.86. The lowest BCUT2D eigenvalue weighted by atomic mass is 9.90. The van der Waals surface area contributed by atoms with Crippen LogP contribution in [0.5, 0.6) is 5.75 Å². The first kappa shape index (κ1) is 12.1. The van der Waals surface area contributed by atoms with Crippen LogP contribution in [0.15, 0.2) is 18.2 Å². The topological polar surface area (TPSA) is 26.3 Å². The number of halogens is 1. The molecule has 2 rings (SSSR count). The van der Waals surface area contributed by atoms with Gasteiger partial charge in [0.1, 0.15) is 17.3 Å². The predicted molar refractivity (Wildman–Crippen MR) is 63.8 cm³/mol. The van der Waals surface area contributed by atoms with Gasteiger partial charge in [0.2, 0.25) is 0 Å². The molecule has 0 bridgehead atoms. The first-order chi connectivity index (χ1) is 8.22. The van der Waals surface area contributed by atoms with Gasteiger partial charge in [0.25, 0.3) is 0 Å². The van der Waals surface area contributed by atoms with E-state index in [-0.39, 0.29) is 17.5 Å². The molecule has 1 unspecified atom stereocenters.